The van der Waals surface area contributed by atoms with Gasteiger partial charge in [-0.15, -0.1) is 0 Å². The number of fused-ring (bicyclic) bond motifs is 1. The molecule has 7 rings (SSSR count). The van der Waals surface area contributed by atoms with E-state index in [-0.39, 0.29) is 17.9 Å². The molecule has 4 aromatic rings. The van der Waals surface area contributed by atoms with Crippen LogP contribution in [-0.4, -0.2) is 121 Å². The van der Waals surface area contributed by atoms with Crippen LogP contribution < -0.4 is 15.5 Å². The molecule has 0 radical (unpaired) electrons. The Morgan fingerprint density at radius 2 is 1.62 bits per heavy atom. The lowest BCUT2D eigenvalue weighted by atomic mass is 10.0. The third-order valence-electron chi connectivity index (χ3n) is 9.15. The first kappa shape index (κ1) is 31.5. The van der Waals surface area contributed by atoms with Gasteiger partial charge in [-0.25, -0.2) is 14.8 Å². The Morgan fingerprint density at radius 1 is 0.917 bits per heavy atom. The van der Waals surface area contributed by atoms with E-state index in [1.54, 1.807) is 24.3 Å². The van der Waals surface area contributed by atoms with E-state index in [9.17, 15) is 9.59 Å². The smallest absolute Gasteiger partial charge is 0.323 e. The van der Waals surface area contributed by atoms with Gasteiger partial charge in [0.15, 0.2) is 11.6 Å². The van der Waals surface area contributed by atoms with Crippen LogP contribution in [0.3, 0.4) is 0 Å². The summed E-state index contributed by atoms with van der Waals surface area (Å²) >= 11 is 0. The first-order valence-corrected chi connectivity index (χ1v) is 16.3. The third-order valence-corrected chi connectivity index (χ3v) is 9.15. The molecule has 2 saturated heterocycles. The lowest BCUT2D eigenvalue weighted by Crippen LogP contribution is -2.37. The number of aromatic nitrogens is 3. The van der Waals surface area contributed by atoms with Crippen molar-refractivity contribution in [1.29, 1.82) is 0 Å². The number of nitrogens with zero attached hydrogens (tertiary/aromatic N) is 8. The van der Waals surface area contributed by atoms with Gasteiger partial charge in [0.2, 0.25) is 0 Å². The lowest BCUT2D eigenvalue weighted by Gasteiger charge is -2.28. The summed E-state index contributed by atoms with van der Waals surface area (Å²) in [6.07, 6.45) is 4.82. The number of carbonyl (C=O) groups is 2. The maximum absolute atomic E-state index is 12.9. The standard InChI is InChI=1S/C35H40N10O3/c1-42(2)29-12-13-45(22-29)34(46)24-6-10-28(11-7-24)39-35(47)38-27-8-4-23(5-9-27)32-40-30-18-25(26-20-37-43(3)21-26)19-36-31(30)33(41-32)44-14-16-48-17-15-44/h4-11,18-20,26,29H,12-17,21-22H2,1-3H3,(H2,38,39,47)/t26?,29-/m1/s1. The van der Waals surface area contributed by atoms with Crippen molar-refractivity contribution in [3.8, 4) is 11.4 Å². The number of nitrogens with one attached hydrogen (secondary N) is 2. The molecule has 2 fully saturated rings. The number of pyridine rings is 1. The summed E-state index contributed by atoms with van der Waals surface area (Å²) in [6.45, 7) is 4.97. The van der Waals surface area contributed by atoms with E-state index in [2.05, 4.69) is 31.6 Å². The van der Waals surface area contributed by atoms with Crippen LogP contribution in [0.2, 0.25) is 0 Å². The summed E-state index contributed by atoms with van der Waals surface area (Å²) in [4.78, 5) is 46.7. The Morgan fingerprint density at radius 3 is 2.27 bits per heavy atom. The second-order valence-electron chi connectivity index (χ2n) is 12.7. The topological polar surface area (TPSA) is 131 Å². The molecule has 0 spiro atoms. The molecule has 3 aliphatic heterocycles. The molecule has 248 valence electrons. The first-order valence-electron chi connectivity index (χ1n) is 16.3. The molecular formula is C35H40N10O3. The Kier molecular flexibility index (Phi) is 8.87. The monoisotopic (exact) mass is 648 g/mol. The van der Waals surface area contributed by atoms with Crippen LogP contribution in [0.25, 0.3) is 22.4 Å². The van der Waals surface area contributed by atoms with Gasteiger partial charge >= 0.3 is 6.03 Å². The molecule has 0 aliphatic carbocycles. The molecule has 2 N–H and O–H groups in total. The molecule has 3 amide bonds. The summed E-state index contributed by atoms with van der Waals surface area (Å²) in [5, 5.41) is 12.0. The highest BCUT2D eigenvalue weighted by Crippen LogP contribution is 2.30. The Balaban J connectivity index is 1.04. The number of hydrogen-bond donors (Lipinski definition) is 2. The van der Waals surface area contributed by atoms with Crippen LogP contribution in [0.1, 0.15) is 28.3 Å². The SMILES string of the molecule is CN1CC(c2cnc3c(N4CCOCC4)nc(-c4ccc(NC(=O)Nc5ccc(C(=O)N6CC[C@@H](N(C)C)C6)cc5)cc4)nc3c2)C=N1. The second-order valence-corrected chi connectivity index (χ2v) is 12.7. The van der Waals surface area contributed by atoms with E-state index in [0.29, 0.717) is 42.0 Å². The van der Waals surface area contributed by atoms with Gasteiger partial charge in [-0.1, -0.05) is 0 Å². The van der Waals surface area contributed by atoms with Crippen molar-refractivity contribution in [2.45, 2.75) is 18.4 Å². The van der Waals surface area contributed by atoms with Crippen LogP contribution >= 0.6 is 0 Å². The van der Waals surface area contributed by atoms with Crippen molar-refractivity contribution in [1.82, 2.24) is 29.8 Å². The van der Waals surface area contributed by atoms with Crippen molar-refractivity contribution >= 4 is 46.4 Å². The summed E-state index contributed by atoms with van der Waals surface area (Å²) in [7, 11) is 6.04. The minimum atomic E-state index is -0.383. The lowest BCUT2D eigenvalue weighted by molar-refractivity contribution is 0.0783. The summed E-state index contributed by atoms with van der Waals surface area (Å²) in [5.74, 6) is 1.53. The van der Waals surface area contributed by atoms with Gasteiger partial charge in [0.1, 0.15) is 5.52 Å². The highest BCUT2D eigenvalue weighted by Gasteiger charge is 2.28. The van der Waals surface area contributed by atoms with Crippen molar-refractivity contribution < 1.29 is 14.3 Å². The second kappa shape index (κ2) is 13.5. The average Bonchev–Trinajstić information content (AvgIpc) is 3.78. The normalized spacial score (nSPS) is 19.4. The number of anilines is 3. The maximum Gasteiger partial charge on any atom is 0.323 e. The fourth-order valence-corrected chi connectivity index (χ4v) is 6.33. The number of morpholine rings is 1. The number of carbonyl (C=O) groups excluding carboxylic acids is 2. The number of urea groups is 1. The summed E-state index contributed by atoms with van der Waals surface area (Å²) in [5.41, 5.74) is 5.23. The zero-order valence-electron chi connectivity index (χ0n) is 27.5. The van der Waals surface area contributed by atoms with E-state index in [1.807, 2.05) is 67.7 Å². The van der Waals surface area contributed by atoms with E-state index in [4.69, 9.17) is 19.7 Å². The van der Waals surface area contributed by atoms with E-state index >= 15 is 0 Å². The predicted octanol–water partition coefficient (Wildman–Crippen LogP) is 3.96. The number of likely N-dealkylation sites (tertiary alicyclic amines) is 1. The number of benzene rings is 2. The maximum atomic E-state index is 12.9. The van der Waals surface area contributed by atoms with Crippen LogP contribution in [0.5, 0.6) is 0 Å². The molecule has 3 aliphatic rings. The highest BCUT2D eigenvalue weighted by molar-refractivity contribution is 6.00. The molecule has 13 heteroatoms. The number of hydrazone groups is 1. The highest BCUT2D eigenvalue weighted by atomic mass is 16.5. The fourth-order valence-electron chi connectivity index (χ4n) is 6.33. The minimum absolute atomic E-state index is 0.00991. The molecule has 0 bridgehead atoms. The average molecular weight is 649 g/mol. The molecule has 5 heterocycles. The number of rotatable bonds is 7. The molecule has 0 saturated carbocycles. The Labute approximate surface area is 279 Å². The van der Waals surface area contributed by atoms with Gasteiger partial charge in [0.25, 0.3) is 5.91 Å². The molecule has 1 unspecified atom stereocenters. The van der Waals surface area contributed by atoms with Gasteiger partial charge in [-0.3, -0.25) is 14.8 Å². The van der Waals surface area contributed by atoms with Crippen LogP contribution in [-0.2, 0) is 4.74 Å². The van der Waals surface area contributed by atoms with Gasteiger partial charge in [-0.2, -0.15) is 5.10 Å². The largest absolute Gasteiger partial charge is 0.378 e. The van der Waals surface area contributed by atoms with Crippen molar-refractivity contribution in [3.63, 3.8) is 0 Å². The van der Waals surface area contributed by atoms with Crippen LogP contribution in [0, 0.1) is 0 Å². The van der Waals surface area contributed by atoms with Crippen LogP contribution in [0.15, 0.2) is 65.9 Å². The number of likely N-dealkylation sites (N-methyl/N-ethyl adjacent to an activating group) is 2. The molecule has 48 heavy (non-hydrogen) atoms. The zero-order valence-corrected chi connectivity index (χ0v) is 27.5. The van der Waals surface area contributed by atoms with Gasteiger partial charge < -0.3 is 30.1 Å². The molecule has 13 nitrogen and oxygen atoms in total. The van der Waals surface area contributed by atoms with Gasteiger partial charge in [-0.05, 0) is 80.7 Å². The molecule has 2 aromatic carbocycles. The van der Waals surface area contributed by atoms with Crippen LogP contribution in [0.4, 0.5) is 22.0 Å². The minimum Gasteiger partial charge on any atom is -0.378 e. The van der Waals surface area contributed by atoms with Crippen molar-refractivity contribution in [3.05, 3.63) is 71.9 Å². The first-order chi connectivity index (χ1) is 23.3. The van der Waals surface area contributed by atoms with Gasteiger partial charge in [0.05, 0.1) is 18.7 Å². The zero-order chi connectivity index (χ0) is 33.2. The predicted molar refractivity (Wildman–Crippen MR) is 187 cm³/mol. The molecule has 2 atom stereocenters. The third kappa shape index (κ3) is 6.78. The van der Waals surface area contributed by atoms with E-state index in [1.165, 1.54) is 0 Å². The Bertz CT molecular complexity index is 1820. The number of amides is 3. The molecule has 2 aromatic heterocycles. The van der Waals surface area contributed by atoms with Crippen molar-refractivity contribution in [2.24, 2.45) is 5.10 Å². The Hall–Kier alpha value is -5.14. The van der Waals surface area contributed by atoms with Crippen molar-refractivity contribution in [2.75, 3.05) is 82.6 Å². The summed E-state index contributed by atoms with van der Waals surface area (Å²) < 4.78 is 5.59. The molecular weight excluding hydrogens is 608 g/mol. The van der Waals surface area contributed by atoms with Gasteiger partial charge in [0, 0.05) is 86.6 Å². The summed E-state index contributed by atoms with van der Waals surface area (Å²) in [6, 6.07) is 16.5. The fraction of sp³-hybridized carbons (Fsp3) is 0.371. The quantitative estimate of drug-likeness (QED) is 0.306. The van der Waals surface area contributed by atoms with E-state index < -0.39 is 0 Å². The van der Waals surface area contributed by atoms with E-state index in [0.717, 1.165) is 67.1 Å². The number of hydrogen-bond acceptors (Lipinski definition) is 10. The number of ether oxygens (including phenoxy) is 1.